The molecule has 0 bridgehead atoms. The van der Waals surface area contributed by atoms with Crippen LogP contribution in [0.5, 0.6) is 5.75 Å². The summed E-state index contributed by atoms with van der Waals surface area (Å²) in [7, 11) is 1.44. The molecule has 1 N–H and O–H groups in total. The van der Waals surface area contributed by atoms with E-state index in [-0.39, 0.29) is 11.7 Å². The number of methoxy groups -OCH3 is 1. The van der Waals surface area contributed by atoms with Gasteiger partial charge in [-0.15, -0.1) is 0 Å². The van der Waals surface area contributed by atoms with E-state index < -0.39 is 11.9 Å². The second-order valence-electron chi connectivity index (χ2n) is 4.99. The van der Waals surface area contributed by atoms with Crippen molar-refractivity contribution in [2.45, 2.75) is 32.3 Å². The molecule has 0 aromatic heterocycles. The molecule has 2 nitrogen and oxygen atoms in total. The Labute approximate surface area is 101 Å². The van der Waals surface area contributed by atoms with Crippen LogP contribution in [-0.4, -0.2) is 12.2 Å². The van der Waals surface area contributed by atoms with E-state index in [1.165, 1.54) is 7.11 Å². The predicted molar refractivity (Wildman–Crippen MR) is 64.4 cm³/mol. The van der Waals surface area contributed by atoms with Crippen molar-refractivity contribution in [3.05, 3.63) is 29.6 Å². The second-order valence-corrected chi connectivity index (χ2v) is 4.99. The molecule has 3 unspecified atom stereocenters. The highest BCUT2D eigenvalue weighted by atomic mass is 19.1. The number of aliphatic hydroxyl groups excluding tert-OH is 1. The van der Waals surface area contributed by atoms with E-state index in [2.05, 4.69) is 6.92 Å². The minimum atomic E-state index is -0.713. The molecular formula is C14H19FO2. The quantitative estimate of drug-likeness (QED) is 0.875. The first-order valence-electron chi connectivity index (χ1n) is 6.14. The predicted octanol–water partition coefficient (Wildman–Crippen LogP) is 3.30. The Kier molecular flexibility index (Phi) is 3.67. The third kappa shape index (κ3) is 2.44. The molecular weight excluding hydrogens is 219 g/mol. The van der Waals surface area contributed by atoms with Crippen LogP contribution in [-0.2, 0) is 0 Å². The van der Waals surface area contributed by atoms with E-state index in [0.717, 1.165) is 19.3 Å². The highest BCUT2D eigenvalue weighted by Crippen LogP contribution is 2.40. The lowest BCUT2D eigenvalue weighted by molar-refractivity contribution is 0.105. The molecule has 3 heteroatoms. The molecule has 1 saturated carbocycles. The van der Waals surface area contributed by atoms with Crippen LogP contribution in [0, 0.1) is 17.7 Å². The molecule has 0 amide bonds. The molecule has 3 atom stereocenters. The van der Waals surface area contributed by atoms with Crippen LogP contribution in [0.15, 0.2) is 18.2 Å². The Morgan fingerprint density at radius 2 is 2.18 bits per heavy atom. The Hall–Kier alpha value is -1.09. The molecule has 94 valence electrons. The van der Waals surface area contributed by atoms with E-state index in [0.29, 0.717) is 11.5 Å². The summed E-state index contributed by atoms with van der Waals surface area (Å²) < 4.78 is 18.9. The smallest absolute Gasteiger partial charge is 0.170 e. The SMILES string of the molecule is COc1cccc(C(O)C2CCC(C)C2)c1F. The van der Waals surface area contributed by atoms with E-state index >= 15 is 0 Å². The summed E-state index contributed by atoms with van der Waals surface area (Å²) in [4.78, 5) is 0. The summed E-state index contributed by atoms with van der Waals surface area (Å²) in [5.41, 5.74) is 0.364. The van der Waals surface area contributed by atoms with Crippen molar-refractivity contribution in [1.29, 1.82) is 0 Å². The Morgan fingerprint density at radius 3 is 2.76 bits per heavy atom. The van der Waals surface area contributed by atoms with Gasteiger partial charge in [0.2, 0.25) is 0 Å². The van der Waals surface area contributed by atoms with Crippen LogP contribution in [0.4, 0.5) is 4.39 Å². The largest absolute Gasteiger partial charge is 0.494 e. The molecule has 0 aliphatic heterocycles. The summed E-state index contributed by atoms with van der Waals surface area (Å²) >= 11 is 0. The van der Waals surface area contributed by atoms with Crippen LogP contribution in [0.1, 0.15) is 37.9 Å². The van der Waals surface area contributed by atoms with Crippen molar-refractivity contribution in [2.24, 2.45) is 11.8 Å². The topological polar surface area (TPSA) is 29.5 Å². The van der Waals surface area contributed by atoms with Gasteiger partial charge in [-0.05, 0) is 30.7 Å². The molecule has 17 heavy (non-hydrogen) atoms. The lowest BCUT2D eigenvalue weighted by atomic mass is 9.93. The standard InChI is InChI=1S/C14H19FO2/c1-9-6-7-10(8-9)14(16)11-4-3-5-12(17-2)13(11)15/h3-5,9-10,14,16H,6-8H2,1-2H3. The average molecular weight is 238 g/mol. The molecule has 1 aromatic carbocycles. The van der Waals surface area contributed by atoms with E-state index in [1.54, 1.807) is 18.2 Å². The van der Waals surface area contributed by atoms with Gasteiger partial charge in [-0.1, -0.05) is 25.5 Å². The number of ether oxygens (including phenoxy) is 1. The van der Waals surface area contributed by atoms with Crippen LogP contribution in [0.3, 0.4) is 0 Å². The fourth-order valence-corrected chi connectivity index (χ4v) is 2.71. The monoisotopic (exact) mass is 238 g/mol. The van der Waals surface area contributed by atoms with E-state index in [4.69, 9.17) is 4.74 Å². The molecule has 0 spiro atoms. The van der Waals surface area contributed by atoms with Crippen LogP contribution in [0.2, 0.25) is 0 Å². The van der Waals surface area contributed by atoms with Gasteiger partial charge in [0.1, 0.15) is 0 Å². The normalized spacial score (nSPS) is 25.9. The number of benzene rings is 1. The van der Waals surface area contributed by atoms with Crippen LogP contribution in [0.25, 0.3) is 0 Å². The summed E-state index contributed by atoms with van der Waals surface area (Å²) in [5, 5.41) is 10.2. The number of halogens is 1. The van der Waals surface area contributed by atoms with Crippen LogP contribution < -0.4 is 4.74 Å². The van der Waals surface area contributed by atoms with Crippen molar-refractivity contribution in [3.63, 3.8) is 0 Å². The van der Waals surface area contributed by atoms with Gasteiger partial charge < -0.3 is 9.84 Å². The van der Waals surface area contributed by atoms with Crippen molar-refractivity contribution in [2.75, 3.05) is 7.11 Å². The fraction of sp³-hybridized carbons (Fsp3) is 0.571. The lowest BCUT2D eigenvalue weighted by Crippen LogP contribution is -2.11. The van der Waals surface area contributed by atoms with E-state index in [1.807, 2.05) is 0 Å². The molecule has 1 aliphatic rings. The fourth-order valence-electron chi connectivity index (χ4n) is 2.71. The van der Waals surface area contributed by atoms with Gasteiger partial charge in [-0.2, -0.15) is 0 Å². The Bertz CT molecular complexity index is 392. The summed E-state index contributed by atoms with van der Waals surface area (Å²) in [6, 6.07) is 4.94. The van der Waals surface area contributed by atoms with Gasteiger partial charge in [-0.25, -0.2) is 4.39 Å². The van der Waals surface area contributed by atoms with Crippen molar-refractivity contribution in [3.8, 4) is 5.75 Å². The maximum Gasteiger partial charge on any atom is 0.170 e. The van der Waals surface area contributed by atoms with Crippen molar-refractivity contribution < 1.29 is 14.2 Å². The number of hydrogen-bond acceptors (Lipinski definition) is 2. The van der Waals surface area contributed by atoms with Gasteiger partial charge >= 0.3 is 0 Å². The minimum Gasteiger partial charge on any atom is -0.494 e. The molecule has 0 radical (unpaired) electrons. The van der Waals surface area contributed by atoms with Gasteiger partial charge in [0.15, 0.2) is 11.6 Å². The van der Waals surface area contributed by atoms with E-state index in [9.17, 15) is 9.50 Å². The van der Waals surface area contributed by atoms with Gasteiger partial charge in [-0.3, -0.25) is 0 Å². The first-order chi connectivity index (χ1) is 8.13. The lowest BCUT2D eigenvalue weighted by Gasteiger charge is -2.19. The summed E-state index contributed by atoms with van der Waals surface area (Å²) in [6.07, 6.45) is 2.35. The number of hydrogen-bond donors (Lipinski definition) is 1. The van der Waals surface area contributed by atoms with Gasteiger partial charge in [0, 0.05) is 5.56 Å². The molecule has 0 saturated heterocycles. The molecule has 1 aromatic rings. The zero-order chi connectivity index (χ0) is 12.4. The molecule has 1 aliphatic carbocycles. The maximum atomic E-state index is 14.0. The minimum absolute atomic E-state index is 0.173. The zero-order valence-electron chi connectivity index (χ0n) is 10.3. The Morgan fingerprint density at radius 1 is 1.41 bits per heavy atom. The second kappa shape index (κ2) is 5.05. The number of aliphatic hydroxyl groups is 1. The van der Waals surface area contributed by atoms with Gasteiger partial charge in [0.25, 0.3) is 0 Å². The van der Waals surface area contributed by atoms with Crippen molar-refractivity contribution in [1.82, 2.24) is 0 Å². The first-order valence-corrected chi connectivity index (χ1v) is 6.14. The number of rotatable bonds is 3. The highest BCUT2D eigenvalue weighted by molar-refractivity contribution is 5.32. The summed E-state index contributed by atoms with van der Waals surface area (Å²) in [5.74, 6) is 0.574. The third-order valence-corrected chi connectivity index (χ3v) is 3.71. The zero-order valence-corrected chi connectivity index (χ0v) is 10.3. The van der Waals surface area contributed by atoms with Crippen LogP contribution >= 0.6 is 0 Å². The molecule has 0 heterocycles. The third-order valence-electron chi connectivity index (χ3n) is 3.71. The highest BCUT2D eigenvalue weighted by Gasteiger charge is 2.30. The average Bonchev–Trinajstić information content (AvgIpc) is 2.75. The first kappa shape index (κ1) is 12.4. The van der Waals surface area contributed by atoms with Gasteiger partial charge in [0.05, 0.1) is 13.2 Å². The molecule has 1 fully saturated rings. The molecule has 2 rings (SSSR count). The summed E-state index contributed by atoms with van der Waals surface area (Å²) in [6.45, 7) is 2.18. The van der Waals surface area contributed by atoms with Crippen molar-refractivity contribution >= 4 is 0 Å². The Balaban J connectivity index is 2.21. The maximum absolute atomic E-state index is 14.0.